The maximum Gasteiger partial charge on any atom is 0.330 e. The standard InChI is InChI=1S/C9H18NO2/c1-6-9(11)12-7-8(2)10(3,4)5/h6,8H,1,7H2,2-5H3/q+1. The first-order valence-corrected chi connectivity index (χ1v) is 3.98. The van der Waals surface area contributed by atoms with Crippen LogP contribution in [0.1, 0.15) is 6.92 Å². The van der Waals surface area contributed by atoms with Crippen molar-refractivity contribution in [2.75, 3.05) is 27.7 Å². The van der Waals surface area contributed by atoms with Crippen LogP contribution in [0.5, 0.6) is 0 Å². The molecule has 0 N–H and O–H groups in total. The lowest BCUT2D eigenvalue weighted by Gasteiger charge is -2.30. The Kier molecular flexibility index (Phi) is 3.96. The van der Waals surface area contributed by atoms with Crippen molar-refractivity contribution in [3.8, 4) is 0 Å². The van der Waals surface area contributed by atoms with E-state index >= 15 is 0 Å². The Morgan fingerprint density at radius 2 is 2.08 bits per heavy atom. The van der Waals surface area contributed by atoms with Crippen LogP contribution in [-0.4, -0.2) is 44.2 Å². The molecule has 0 spiro atoms. The number of nitrogens with zero attached hydrogens (tertiary/aromatic N) is 1. The van der Waals surface area contributed by atoms with Crippen LogP contribution >= 0.6 is 0 Å². The average molecular weight is 172 g/mol. The maximum atomic E-state index is 10.7. The van der Waals surface area contributed by atoms with Crippen molar-refractivity contribution in [1.29, 1.82) is 0 Å². The summed E-state index contributed by atoms with van der Waals surface area (Å²) in [6.45, 7) is 5.80. The van der Waals surface area contributed by atoms with E-state index in [1.807, 2.05) is 6.92 Å². The molecule has 0 saturated heterocycles. The highest BCUT2D eigenvalue weighted by Crippen LogP contribution is 2.02. The van der Waals surface area contributed by atoms with Crippen molar-refractivity contribution in [3.63, 3.8) is 0 Å². The average Bonchev–Trinajstić information content (AvgIpc) is 1.97. The Labute approximate surface area is 74.2 Å². The first kappa shape index (κ1) is 11.2. The van der Waals surface area contributed by atoms with E-state index < -0.39 is 0 Å². The number of likely N-dealkylation sites (N-methyl/N-ethyl adjacent to an activating group) is 1. The van der Waals surface area contributed by atoms with Gasteiger partial charge in [0.15, 0.2) is 0 Å². The molecule has 1 atom stereocenters. The Morgan fingerprint density at radius 3 is 2.42 bits per heavy atom. The number of hydrogen-bond donors (Lipinski definition) is 0. The smallest absolute Gasteiger partial charge is 0.330 e. The molecule has 0 bridgehead atoms. The molecular formula is C9H18NO2+. The summed E-state index contributed by atoms with van der Waals surface area (Å²) in [5.41, 5.74) is 0. The lowest BCUT2D eigenvalue weighted by molar-refractivity contribution is -0.894. The minimum absolute atomic E-state index is 0.300. The zero-order valence-electron chi connectivity index (χ0n) is 8.33. The molecular weight excluding hydrogens is 154 g/mol. The molecule has 70 valence electrons. The van der Waals surface area contributed by atoms with E-state index in [-0.39, 0.29) is 5.97 Å². The van der Waals surface area contributed by atoms with E-state index in [1.165, 1.54) is 6.08 Å². The molecule has 0 aliphatic rings. The SMILES string of the molecule is C=CC(=O)OCC(C)[N+](C)(C)C. The van der Waals surface area contributed by atoms with E-state index in [1.54, 1.807) is 0 Å². The third kappa shape index (κ3) is 4.13. The van der Waals surface area contributed by atoms with Gasteiger partial charge in [-0.25, -0.2) is 4.79 Å². The molecule has 3 nitrogen and oxygen atoms in total. The molecule has 3 heteroatoms. The van der Waals surface area contributed by atoms with E-state index in [0.717, 1.165) is 4.48 Å². The fraction of sp³-hybridized carbons (Fsp3) is 0.667. The van der Waals surface area contributed by atoms with Crippen molar-refractivity contribution >= 4 is 5.97 Å². The van der Waals surface area contributed by atoms with E-state index in [0.29, 0.717) is 12.6 Å². The molecule has 0 aromatic rings. The largest absolute Gasteiger partial charge is 0.456 e. The second-order valence-electron chi connectivity index (χ2n) is 3.80. The third-order valence-electron chi connectivity index (χ3n) is 1.96. The predicted molar refractivity (Wildman–Crippen MR) is 48.7 cm³/mol. The molecule has 0 radical (unpaired) electrons. The number of hydrogen-bond acceptors (Lipinski definition) is 2. The molecule has 1 unspecified atom stereocenters. The van der Waals surface area contributed by atoms with E-state index in [4.69, 9.17) is 4.74 Å². The van der Waals surface area contributed by atoms with Gasteiger partial charge < -0.3 is 9.22 Å². The van der Waals surface area contributed by atoms with Crippen LogP contribution in [0.25, 0.3) is 0 Å². The van der Waals surface area contributed by atoms with Gasteiger partial charge in [0.2, 0.25) is 0 Å². The van der Waals surface area contributed by atoms with Crippen molar-refractivity contribution < 1.29 is 14.0 Å². The van der Waals surface area contributed by atoms with Crippen molar-refractivity contribution in [1.82, 2.24) is 0 Å². The molecule has 0 saturated carbocycles. The molecule has 0 heterocycles. The van der Waals surface area contributed by atoms with Crippen molar-refractivity contribution in [3.05, 3.63) is 12.7 Å². The highest BCUT2D eigenvalue weighted by Gasteiger charge is 2.19. The molecule has 12 heavy (non-hydrogen) atoms. The van der Waals surface area contributed by atoms with Crippen molar-refractivity contribution in [2.24, 2.45) is 0 Å². The van der Waals surface area contributed by atoms with E-state index in [9.17, 15) is 4.79 Å². The molecule has 0 aromatic carbocycles. The number of rotatable bonds is 4. The first-order valence-electron chi connectivity index (χ1n) is 3.98. The summed E-state index contributed by atoms with van der Waals surface area (Å²) in [6, 6.07) is 0.300. The number of esters is 1. The molecule has 0 aliphatic carbocycles. The van der Waals surface area contributed by atoms with Crippen LogP contribution < -0.4 is 0 Å². The minimum atomic E-state index is -0.352. The summed E-state index contributed by atoms with van der Waals surface area (Å²) in [6.07, 6.45) is 1.18. The quantitative estimate of drug-likeness (QED) is 0.356. The Balaban J connectivity index is 3.79. The summed E-state index contributed by atoms with van der Waals surface area (Å²) in [5, 5.41) is 0. The second kappa shape index (κ2) is 4.26. The Hall–Kier alpha value is -0.830. The highest BCUT2D eigenvalue weighted by molar-refractivity contribution is 5.81. The minimum Gasteiger partial charge on any atom is -0.456 e. The first-order chi connectivity index (χ1) is 5.38. The van der Waals surface area contributed by atoms with Crippen LogP contribution in [0.4, 0.5) is 0 Å². The monoisotopic (exact) mass is 172 g/mol. The summed E-state index contributed by atoms with van der Waals surface area (Å²) in [7, 11) is 6.19. The summed E-state index contributed by atoms with van der Waals surface area (Å²) in [5.74, 6) is -0.352. The van der Waals surface area contributed by atoms with Gasteiger partial charge in [-0.15, -0.1) is 0 Å². The molecule has 0 aromatic heterocycles. The number of carbonyl (C=O) groups excluding carboxylic acids is 1. The topological polar surface area (TPSA) is 26.3 Å². The highest BCUT2D eigenvalue weighted by atomic mass is 16.5. The zero-order valence-corrected chi connectivity index (χ0v) is 8.33. The van der Waals surface area contributed by atoms with Crippen LogP contribution in [0.3, 0.4) is 0 Å². The van der Waals surface area contributed by atoms with Gasteiger partial charge >= 0.3 is 5.97 Å². The van der Waals surface area contributed by atoms with Crippen molar-refractivity contribution in [2.45, 2.75) is 13.0 Å². The molecule has 0 fully saturated rings. The van der Waals surface area contributed by atoms with Gasteiger partial charge in [0.05, 0.1) is 21.1 Å². The molecule has 0 amide bonds. The fourth-order valence-electron chi connectivity index (χ4n) is 0.485. The molecule has 0 rings (SSSR count). The van der Waals surface area contributed by atoms with Gasteiger partial charge in [-0.05, 0) is 6.92 Å². The van der Waals surface area contributed by atoms with Crippen LogP contribution in [-0.2, 0) is 9.53 Å². The zero-order chi connectivity index (χ0) is 9.78. The van der Waals surface area contributed by atoms with Gasteiger partial charge in [-0.2, -0.15) is 0 Å². The van der Waals surface area contributed by atoms with Gasteiger partial charge in [-0.1, -0.05) is 6.58 Å². The predicted octanol–water partition coefficient (Wildman–Crippen LogP) is 0.810. The summed E-state index contributed by atoms with van der Waals surface area (Å²) in [4.78, 5) is 10.7. The van der Waals surface area contributed by atoms with Crippen LogP contribution in [0.15, 0.2) is 12.7 Å². The Bertz CT molecular complexity index is 170. The maximum absolute atomic E-state index is 10.7. The summed E-state index contributed by atoms with van der Waals surface area (Å²) < 4.78 is 5.69. The Morgan fingerprint density at radius 1 is 1.58 bits per heavy atom. The van der Waals surface area contributed by atoms with Gasteiger partial charge in [0.25, 0.3) is 0 Å². The lowest BCUT2D eigenvalue weighted by Crippen LogP contribution is -2.46. The number of quaternary nitrogens is 1. The second-order valence-corrected chi connectivity index (χ2v) is 3.80. The van der Waals surface area contributed by atoms with Gasteiger partial charge in [-0.3, -0.25) is 0 Å². The summed E-state index contributed by atoms with van der Waals surface area (Å²) >= 11 is 0. The van der Waals surface area contributed by atoms with Gasteiger partial charge in [0.1, 0.15) is 12.6 Å². The molecule has 0 aliphatic heterocycles. The van der Waals surface area contributed by atoms with E-state index in [2.05, 4.69) is 27.7 Å². The van der Waals surface area contributed by atoms with Gasteiger partial charge in [0, 0.05) is 6.08 Å². The lowest BCUT2D eigenvalue weighted by atomic mass is 10.3. The third-order valence-corrected chi connectivity index (χ3v) is 1.96. The number of carbonyl (C=O) groups is 1. The normalized spacial score (nSPS) is 13.7. The van der Waals surface area contributed by atoms with Crippen LogP contribution in [0, 0.1) is 0 Å². The number of ether oxygens (including phenoxy) is 1. The van der Waals surface area contributed by atoms with Crippen LogP contribution in [0.2, 0.25) is 0 Å². The fourth-order valence-corrected chi connectivity index (χ4v) is 0.485.